The highest BCUT2D eigenvalue weighted by molar-refractivity contribution is 5.95. The van der Waals surface area contributed by atoms with Gasteiger partial charge in [0.2, 0.25) is 0 Å². The lowest BCUT2D eigenvalue weighted by atomic mass is 10.00. The highest BCUT2D eigenvalue weighted by Crippen LogP contribution is 2.35. The Morgan fingerprint density at radius 3 is 2.62 bits per heavy atom. The zero-order valence-electron chi connectivity index (χ0n) is 18.9. The van der Waals surface area contributed by atoms with Gasteiger partial charge >= 0.3 is 0 Å². The van der Waals surface area contributed by atoms with Crippen LogP contribution >= 0.6 is 0 Å². The summed E-state index contributed by atoms with van der Waals surface area (Å²) in [5, 5.41) is 3.83. The molecule has 3 atom stereocenters. The number of hydrogen-bond donors (Lipinski definition) is 1. The first-order valence-corrected chi connectivity index (χ1v) is 12.3. The standard InChI is InChI=1S/C27H35N3O2/c31-27(22-11-8-12-23(19-22)32-18-17-29-14-6-7-15-29)30-16-5-4-13-24-26(30)20-25(28-24)21-9-2-1-3-10-21/h1-3,8-12,19,24-26,28H,4-7,13-18,20H2/t24-,25-,26+/m0/s1. The van der Waals surface area contributed by atoms with Crippen LogP contribution in [0.5, 0.6) is 5.75 Å². The predicted molar refractivity (Wildman–Crippen MR) is 127 cm³/mol. The summed E-state index contributed by atoms with van der Waals surface area (Å²) >= 11 is 0. The molecule has 0 unspecified atom stereocenters. The van der Waals surface area contributed by atoms with Crippen LogP contribution in [0.1, 0.15) is 60.5 Å². The van der Waals surface area contributed by atoms with Gasteiger partial charge in [0.25, 0.3) is 5.91 Å². The van der Waals surface area contributed by atoms with Crippen molar-refractivity contribution in [2.45, 2.75) is 56.7 Å². The first-order chi connectivity index (χ1) is 15.8. The summed E-state index contributed by atoms with van der Waals surface area (Å²) < 4.78 is 6.01. The minimum Gasteiger partial charge on any atom is -0.492 e. The molecule has 2 aromatic carbocycles. The molecule has 1 N–H and O–H groups in total. The van der Waals surface area contributed by atoms with Crippen molar-refractivity contribution in [3.8, 4) is 5.75 Å². The van der Waals surface area contributed by atoms with E-state index in [2.05, 4.69) is 45.4 Å². The highest BCUT2D eigenvalue weighted by Gasteiger charge is 2.40. The first-order valence-electron chi connectivity index (χ1n) is 12.3. The normalized spacial score (nSPS) is 26.0. The number of ether oxygens (including phenoxy) is 1. The molecule has 5 nitrogen and oxygen atoms in total. The Bertz CT molecular complexity index is 897. The fraction of sp³-hybridized carbons (Fsp3) is 0.519. The van der Waals surface area contributed by atoms with Gasteiger partial charge in [-0.25, -0.2) is 0 Å². The van der Waals surface area contributed by atoms with Crippen molar-refractivity contribution in [2.75, 3.05) is 32.8 Å². The van der Waals surface area contributed by atoms with E-state index in [0.717, 1.165) is 43.7 Å². The van der Waals surface area contributed by atoms with Crippen LogP contribution < -0.4 is 10.1 Å². The number of hydrogen-bond acceptors (Lipinski definition) is 4. The van der Waals surface area contributed by atoms with Crippen LogP contribution in [0.2, 0.25) is 0 Å². The van der Waals surface area contributed by atoms with Gasteiger partial charge in [-0.15, -0.1) is 0 Å². The molecule has 0 aliphatic carbocycles. The number of benzene rings is 2. The van der Waals surface area contributed by atoms with Crippen molar-refractivity contribution in [1.29, 1.82) is 0 Å². The number of nitrogens with one attached hydrogen (secondary N) is 1. The Morgan fingerprint density at radius 1 is 0.969 bits per heavy atom. The maximum Gasteiger partial charge on any atom is 0.254 e. The molecular formula is C27H35N3O2. The predicted octanol–water partition coefficient (Wildman–Crippen LogP) is 4.26. The van der Waals surface area contributed by atoms with Crippen molar-refractivity contribution in [1.82, 2.24) is 15.1 Å². The fourth-order valence-corrected chi connectivity index (χ4v) is 5.63. The van der Waals surface area contributed by atoms with Gasteiger partial charge in [0.1, 0.15) is 12.4 Å². The van der Waals surface area contributed by atoms with Gasteiger partial charge in [-0.3, -0.25) is 9.69 Å². The van der Waals surface area contributed by atoms with Crippen LogP contribution in [0.3, 0.4) is 0 Å². The summed E-state index contributed by atoms with van der Waals surface area (Å²) in [6, 6.07) is 19.4. The summed E-state index contributed by atoms with van der Waals surface area (Å²) in [5.41, 5.74) is 2.06. The maximum atomic E-state index is 13.6. The van der Waals surface area contributed by atoms with E-state index in [1.54, 1.807) is 0 Å². The van der Waals surface area contributed by atoms with E-state index in [4.69, 9.17) is 4.74 Å². The lowest BCUT2D eigenvalue weighted by Gasteiger charge is -2.30. The van der Waals surface area contributed by atoms with Crippen LogP contribution in [-0.2, 0) is 0 Å². The fourth-order valence-electron chi connectivity index (χ4n) is 5.63. The summed E-state index contributed by atoms with van der Waals surface area (Å²) in [7, 11) is 0. The molecule has 170 valence electrons. The molecule has 0 bridgehead atoms. The second-order valence-corrected chi connectivity index (χ2v) is 9.46. The van der Waals surface area contributed by atoms with Crippen molar-refractivity contribution < 1.29 is 9.53 Å². The van der Waals surface area contributed by atoms with E-state index in [9.17, 15) is 4.79 Å². The lowest BCUT2D eigenvalue weighted by molar-refractivity contribution is 0.0677. The Hall–Kier alpha value is -2.37. The van der Waals surface area contributed by atoms with E-state index in [1.807, 2.05) is 24.3 Å². The van der Waals surface area contributed by atoms with Gasteiger partial charge in [0, 0.05) is 36.8 Å². The number of nitrogens with zero attached hydrogens (tertiary/aromatic N) is 2. The third-order valence-corrected chi connectivity index (χ3v) is 7.34. The van der Waals surface area contributed by atoms with Crippen LogP contribution in [0, 0.1) is 0 Å². The van der Waals surface area contributed by atoms with Crippen LogP contribution in [0.4, 0.5) is 0 Å². The summed E-state index contributed by atoms with van der Waals surface area (Å²) in [5.74, 6) is 0.940. The quantitative estimate of drug-likeness (QED) is 0.739. The van der Waals surface area contributed by atoms with Gasteiger partial charge in [-0.2, -0.15) is 0 Å². The molecule has 3 saturated heterocycles. The molecule has 0 aromatic heterocycles. The van der Waals surface area contributed by atoms with E-state index < -0.39 is 0 Å². The average Bonchev–Trinajstić information content (AvgIpc) is 3.46. The second kappa shape index (κ2) is 10.1. The summed E-state index contributed by atoms with van der Waals surface area (Å²) in [6.45, 7) is 4.83. The highest BCUT2D eigenvalue weighted by atomic mass is 16.5. The van der Waals surface area contributed by atoms with E-state index in [0.29, 0.717) is 18.7 Å². The summed E-state index contributed by atoms with van der Waals surface area (Å²) in [4.78, 5) is 18.2. The van der Waals surface area contributed by atoms with Crippen molar-refractivity contribution >= 4 is 5.91 Å². The number of rotatable bonds is 6. The summed E-state index contributed by atoms with van der Waals surface area (Å²) in [6.07, 6.45) is 6.94. The number of amides is 1. The Balaban J connectivity index is 1.26. The molecule has 3 aliphatic rings. The SMILES string of the molecule is O=C(c1cccc(OCCN2CCCC2)c1)N1CCCC[C@@H]2N[C@H](c3ccccc3)C[C@H]21. The number of carbonyl (C=O) groups excluding carboxylic acids is 1. The topological polar surface area (TPSA) is 44.8 Å². The van der Waals surface area contributed by atoms with E-state index in [-0.39, 0.29) is 11.9 Å². The number of fused-ring (bicyclic) bond motifs is 1. The molecule has 3 heterocycles. The molecule has 3 aliphatic heterocycles. The Labute approximate surface area is 191 Å². The smallest absolute Gasteiger partial charge is 0.254 e. The minimum absolute atomic E-state index is 0.141. The molecule has 32 heavy (non-hydrogen) atoms. The van der Waals surface area contributed by atoms with Gasteiger partial charge in [-0.1, -0.05) is 42.8 Å². The Morgan fingerprint density at radius 2 is 1.78 bits per heavy atom. The Kier molecular flexibility index (Phi) is 6.75. The van der Waals surface area contributed by atoms with Gasteiger partial charge in [0.05, 0.1) is 0 Å². The molecule has 1 amide bonds. The average molecular weight is 434 g/mol. The first kappa shape index (κ1) is 21.5. The third kappa shape index (κ3) is 4.84. The molecule has 0 spiro atoms. The molecular weight excluding hydrogens is 398 g/mol. The maximum absolute atomic E-state index is 13.6. The second-order valence-electron chi connectivity index (χ2n) is 9.46. The van der Waals surface area contributed by atoms with Crippen molar-refractivity contribution in [2.24, 2.45) is 0 Å². The molecule has 2 aromatic rings. The minimum atomic E-state index is 0.141. The monoisotopic (exact) mass is 433 g/mol. The molecule has 5 rings (SSSR count). The molecule has 3 fully saturated rings. The lowest BCUT2D eigenvalue weighted by Crippen LogP contribution is -2.45. The van der Waals surface area contributed by atoms with E-state index in [1.165, 1.54) is 37.9 Å². The van der Waals surface area contributed by atoms with Gasteiger partial charge in [0.15, 0.2) is 0 Å². The van der Waals surface area contributed by atoms with Gasteiger partial charge < -0.3 is 15.0 Å². The van der Waals surface area contributed by atoms with Crippen molar-refractivity contribution in [3.05, 3.63) is 65.7 Å². The van der Waals surface area contributed by atoms with E-state index >= 15 is 0 Å². The van der Waals surface area contributed by atoms with Crippen molar-refractivity contribution in [3.63, 3.8) is 0 Å². The number of likely N-dealkylation sites (tertiary alicyclic amines) is 2. The zero-order chi connectivity index (χ0) is 21.8. The van der Waals surface area contributed by atoms with Crippen LogP contribution in [0.25, 0.3) is 0 Å². The van der Waals surface area contributed by atoms with Gasteiger partial charge in [-0.05, 0) is 69.0 Å². The zero-order valence-corrected chi connectivity index (χ0v) is 18.9. The molecule has 0 radical (unpaired) electrons. The molecule has 5 heteroatoms. The third-order valence-electron chi connectivity index (χ3n) is 7.34. The largest absolute Gasteiger partial charge is 0.492 e. The molecule has 0 saturated carbocycles. The van der Waals surface area contributed by atoms with Crippen LogP contribution in [0.15, 0.2) is 54.6 Å². The van der Waals surface area contributed by atoms with Crippen LogP contribution in [-0.4, -0.2) is 60.6 Å². The number of carbonyl (C=O) groups is 1.